The van der Waals surface area contributed by atoms with Crippen LogP contribution in [0.25, 0.3) is 11.0 Å². The zero-order valence-electron chi connectivity index (χ0n) is 19.6. The first kappa shape index (κ1) is 24.6. The van der Waals surface area contributed by atoms with Crippen LogP contribution in [0.4, 0.5) is 20.6 Å². The van der Waals surface area contributed by atoms with Crippen LogP contribution in [-0.2, 0) is 16.1 Å². The van der Waals surface area contributed by atoms with Crippen molar-refractivity contribution >= 4 is 57.6 Å². The van der Waals surface area contributed by atoms with E-state index >= 15 is 4.39 Å². The SMILES string of the molecule is CC(=O)NC[C@H]1CN(c2ccc(N3CCN(Cc4nc5cc(Cl)c(Cl)cc5[nH]4)CC3)c(F)c2)C(=O)O1. The van der Waals surface area contributed by atoms with Crippen molar-refractivity contribution in [3.05, 3.63) is 52.0 Å². The zero-order valence-corrected chi connectivity index (χ0v) is 21.1. The molecule has 9 nitrogen and oxygen atoms in total. The van der Waals surface area contributed by atoms with Gasteiger partial charge in [-0.2, -0.15) is 0 Å². The topological polar surface area (TPSA) is 93.8 Å². The number of H-pyrrole nitrogens is 1. The minimum absolute atomic E-state index is 0.201. The number of ether oxygens (including phenoxy) is 1. The average molecular weight is 535 g/mol. The molecule has 5 rings (SSSR count). The summed E-state index contributed by atoms with van der Waals surface area (Å²) in [7, 11) is 0. The van der Waals surface area contributed by atoms with Crippen molar-refractivity contribution in [2.75, 3.05) is 49.1 Å². The third kappa shape index (κ3) is 5.21. The number of nitrogens with one attached hydrogen (secondary N) is 2. The molecule has 3 heterocycles. The molecule has 1 atom stereocenters. The van der Waals surface area contributed by atoms with Crippen molar-refractivity contribution in [3.8, 4) is 0 Å². The molecule has 0 bridgehead atoms. The fourth-order valence-corrected chi connectivity index (χ4v) is 4.83. The van der Waals surface area contributed by atoms with Gasteiger partial charge in [-0.15, -0.1) is 0 Å². The van der Waals surface area contributed by atoms with Gasteiger partial charge in [0.05, 0.1) is 52.1 Å². The van der Waals surface area contributed by atoms with Crippen molar-refractivity contribution in [2.45, 2.75) is 19.6 Å². The summed E-state index contributed by atoms with van der Waals surface area (Å²) < 4.78 is 20.3. The second kappa shape index (κ2) is 10.1. The van der Waals surface area contributed by atoms with Crippen LogP contribution >= 0.6 is 23.2 Å². The highest BCUT2D eigenvalue weighted by Gasteiger charge is 2.33. The van der Waals surface area contributed by atoms with Crippen LogP contribution in [-0.4, -0.2) is 72.2 Å². The van der Waals surface area contributed by atoms with Crippen LogP contribution in [0.2, 0.25) is 10.0 Å². The summed E-state index contributed by atoms with van der Waals surface area (Å²) in [5, 5.41) is 3.58. The van der Waals surface area contributed by atoms with Gasteiger partial charge in [0.15, 0.2) is 0 Å². The van der Waals surface area contributed by atoms with E-state index in [9.17, 15) is 9.59 Å². The Morgan fingerprint density at radius 3 is 2.67 bits per heavy atom. The number of rotatable bonds is 6. The second-order valence-corrected chi connectivity index (χ2v) is 9.73. The predicted octanol–water partition coefficient (Wildman–Crippen LogP) is 3.79. The summed E-state index contributed by atoms with van der Waals surface area (Å²) in [6.45, 7) is 5.28. The molecular formula is C24H25Cl2FN6O3. The first-order valence-corrected chi connectivity index (χ1v) is 12.4. The predicted molar refractivity (Wildman–Crippen MR) is 136 cm³/mol. The van der Waals surface area contributed by atoms with Gasteiger partial charge in [-0.1, -0.05) is 23.2 Å². The number of anilines is 2. The molecule has 2 N–H and O–H groups in total. The largest absolute Gasteiger partial charge is 0.442 e. The lowest BCUT2D eigenvalue weighted by atomic mass is 10.2. The molecule has 2 aliphatic heterocycles. The van der Waals surface area contributed by atoms with E-state index in [1.807, 2.05) is 4.90 Å². The van der Waals surface area contributed by atoms with E-state index in [-0.39, 0.29) is 19.0 Å². The second-order valence-electron chi connectivity index (χ2n) is 8.92. The molecule has 2 fully saturated rings. The Labute approximate surface area is 217 Å². The van der Waals surface area contributed by atoms with E-state index in [1.165, 1.54) is 17.9 Å². The first-order valence-electron chi connectivity index (χ1n) is 11.6. The van der Waals surface area contributed by atoms with Crippen LogP contribution in [0.15, 0.2) is 30.3 Å². The van der Waals surface area contributed by atoms with Crippen LogP contribution in [0.3, 0.4) is 0 Å². The molecular weight excluding hydrogens is 510 g/mol. The van der Waals surface area contributed by atoms with Crippen molar-refractivity contribution in [1.82, 2.24) is 20.2 Å². The van der Waals surface area contributed by atoms with Crippen molar-refractivity contribution < 1.29 is 18.7 Å². The summed E-state index contributed by atoms with van der Waals surface area (Å²) in [6, 6.07) is 8.28. The number of halogens is 3. The molecule has 2 aliphatic rings. The number of hydrogen-bond donors (Lipinski definition) is 2. The van der Waals surface area contributed by atoms with Gasteiger partial charge in [-0.25, -0.2) is 14.2 Å². The Hall–Kier alpha value is -3.08. The molecule has 0 radical (unpaired) electrons. The third-order valence-corrected chi connectivity index (χ3v) is 7.08. The Morgan fingerprint density at radius 2 is 1.94 bits per heavy atom. The lowest BCUT2D eigenvalue weighted by Crippen LogP contribution is -2.46. The number of amides is 2. The number of imidazole rings is 1. The molecule has 2 saturated heterocycles. The van der Waals surface area contributed by atoms with Crippen molar-refractivity contribution in [2.24, 2.45) is 0 Å². The van der Waals surface area contributed by atoms with E-state index in [0.29, 0.717) is 41.1 Å². The number of aromatic amines is 1. The molecule has 12 heteroatoms. The standard InChI is InChI=1S/C24H25Cl2FN6O3/c1-14(34)28-11-16-12-33(24(35)36-16)15-2-3-22(19(27)8-15)32-6-4-31(5-7-32)13-23-29-20-9-17(25)18(26)10-21(20)30-23/h2-3,8-10,16H,4-7,11-13H2,1H3,(H,28,34)(H,29,30)/t16-/m0/s1. The van der Waals surface area contributed by atoms with Gasteiger partial charge >= 0.3 is 6.09 Å². The molecule has 2 aromatic carbocycles. The van der Waals surface area contributed by atoms with Crippen LogP contribution in [0, 0.1) is 5.82 Å². The quantitative estimate of drug-likeness (QED) is 0.499. The van der Waals surface area contributed by atoms with Crippen molar-refractivity contribution in [3.63, 3.8) is 0 Å². The third-order valence-electron chi connectivity index (χ3n) is 6.36. The zero-order chi connectivity index (χ0) is 25.4. The summed E-state index contributed by atoms with van der Waals surface area (Å²) in [4.78, 5) is 36.8. The summed E-state index contributed by atoms with van der Waals surface area (Å²) >= 11 is 12.2. The monoisotopic (exact) mass is 534 g/mol. The highest BCUT2D eigenvalue weighted by Crippen LogP contribution is 2.29. The van der Waals surface area contributed by atoms with E-state index in [2.05, 4.69) is 20.2 Å². The number of carbonyl (C=O) groups excluding carboxylic acids is 2. The molecule has 0 aliphatic carbocycles. The Morgan fingerprint density at radius 1 is 1.19 bits per heavy atom. The molecule has 36 heavy (non-hydrogen) atoms. The van der Waals surface area contributed by atoms with E-state index in [0.717, 1.165) is 29.9 Å². The van der Waals surface area contributed by atoms with Gasteiger partial charge < -0.3 is 19.9 Å². The highest BCUT2D eigenvalue weighted by molar-refractivity contribution is 6.42. The molecule has 0 unspecified atom stereocenters. The van der Waals surface area contributed by atoms with Crippen LogP contribution < -0.4 is 15.1 Å². The fourth-order valence-electron chi connectivity index (χ4n) is 4.51. The number of aromatic nitrogens is 2. The summed E-state index contributed by atoms with van der Waals surface area (Å²) in [6.07, 6.45) is -1.03. The summed E-state index contributed by atoms with van der Waals surface area (Å²) in [5.74, 6) is 0.221. The van der Waals surface area contributed by atoms with Crippen LogP contribution in [0.5, 0.6) is 0 Å². The van der Waals surface area contributed by atoms with E-state index < -0.39 is 18.0 Å². The molecule has 2 amide bonds. The van der Waals surface area contributed by atoms with Gasteiger partial charge in [0.25, 0.3) is 0 Å². The minimum Gasteiger partial charge on any atom is -0.442 e. The number of cyclic esters (lactones) is 1. The first-order chi connectivity index (χ1) is 17.3. The molecule has 1 aromatic heterocycles. The Balaban J connectivity index is 1.18. The Kier molecular flexibility index (Phi) is 6.92. The van der Waals surface area contributed by atoms with Crippen LogP contribution in [0.1, 0.15) is 12.7 Å². The molecule has 3 aromatic rings. The number of nitrogens with zero attached hydrogens (tertiary/aromatic N) is 4. The number of piperazine rings is 1. The lowest BCUT2D eigenvalue weighted by Gasteiger charge is -2.36. The molecule has 0 spiro atoms. The van der Waals surface area contributed by atoms with Gasteiger partial charge in [-0.05, 0) is 30.3 Å². The van der Waals surface area contributed by atoms with Gasteiger partial charge in [0, 0.05) is 33.1 Å². The lowest BCUT2D eigenvalue weighted by molar-refractivity contribution is -0.119. The normalized spacial score (nSPS) is 18.7. The number of fused-ring (bicyclic) bond motifs is 1. The maximum absolute atomic E-state index is 15.1. The fraction of sp³-hybridized carbons (Fsp3) is 0.375. The smallest absolute Gasteiger partial charge is 0.414 e. The number of hydrogen-bond acceptors (Lipinski definition) is 6. The summed E-state index contributed by atoms with van der Waals surface area (Å²) in [5.41, 5.74) is 2.52. The molecule has 190 valence electrons. The number of carbonyl (C=O) groups is 2. The number of benzene rings is 2. The Bertz CT molecular complexity index is 1270. The van der Waals surface area contributed by atoms with Gasteiger partial charge in [0.2, 0.25) is 5.91 Å². The van der Waals surface area contributed by atoms with E-state index in [4.69, 9.17) is 27.9 Å². The molecule has 0 saturated carbocycles. The highest BCUT2D eigenvalue weighted by atomic mass is 35.5. The maximum Gasteiger partial charge on any atom is 0.414 e. The van der Waals surface area contributed by atoms with Gasteiger partial charge in [-0.3, -0.25) is 14.6 Å². The van der Waals surface area contributed by atoms with Crippen molar-refractivity contribution in [1.29, 1.82) is 0 Å². The van der Waals surface area contributed by atoms with E-state index in [1.54, 1.807) is 24.3 Å². The van der Waals surface area contributed by atoms with Gasteiger partial charge in [0.1, 0.15) is 17.7 Å². The minimum atomic E-state index is -0.554. The average Bonchev–Trinajstić information content (AvgIpc) is 3.40. The maximum atomic E-state index is 15.1.